The third-order valence-electron chi connectivity index (χ3n) is 4.15. The standard InChI is InChI=1S/C16H19NO5/c18-15(17-8-2-4-12(17)16(19)20)5-1-3-11-6-7-13-14(9-11)22-10-21-13/h6-7,9,12H,1-5,8,10H2,(H,19,20). The number of aryl methyl sites for hydroxylation is 1. The van der Waals surface area contributed by atoms with Crippen molar-refractivity contribution >= 4 is 11.9 Å². The van der Waals surface area contributed by atoms with Crippen molar-refractivity contribution in [3.05, 3.63) is 23.8 Å². The molecule has 2 aliphatic rings. The lowest BCUT2D eigenvalue weighted by molar-refractivity contribution is -0.148. The Labute approximate surface area is 128 Å². The lowest BCUT2D eigenvalue weighted by atomic mass is 10.1. The number of hydrogen-bond donors (Lipinski definition) is 1. The molecular weight excluding hydrogens is 286 g/mol. The number of carboxylic acid groups (broad SMARTS) is 1. The average Bonchev–Trinajstić information content (AvgIpc) is 3.15. The molecule has 0 bridgehead atoms. The fourth-order valence-electron chi connectivity index (χ4n) is 3.01. The van der Waals surface area contributed by atoms with E-state index in [1.165, 1.54) is 4.90 Å². The normalized spacial score (nSPS) is 19.5. The van der Waals surface area contributed by atoms with Crippen LogP contribution in [0.4, 0.5) is 0 Å². The van der Waals surface area contributed by atoms with Gasteiger partial charge in [-0.2, -0.15) is 0 Å². The van der Waals surface area contributed by atoms with Gasteiger partial charge in [0.2, 0.25) is 12.7 Å². The SMILES string of the molecule is O=C(O)C1CCCN1C(=O)CCCc1ccc2c(c1)OCO2. The molecule has 118 valence electrons. The molecule has 1 amide bonds. The van der Waals surface area contributed by atoms with E-state index in [1.807, 2.05) is 18.2 Å². The number of likely N-dealkylation sites (tertiary alicyclic amines) is 1. The van der Waals surface area contributed by atoms with Crippen LogP contribution in [0.2, 0.25) is 0 Å². The smallest absolute Gasteiger partial charge is 0.326 e. The van der Waals surface area contributed by atoms with Crippen LogP contribution in [0.15, 0.2) is 18.2 Å². The zero-order valence-corrected chi connectivity index (χ0v) is 12.3. The number of nitrogens with zero attached hydrogens (tertiary/aromatic N) is 1. The zero-order chi connectivity index (χ0) is 15.5. The van der Waals surface area contributed by atoms with Gasteiger partial charge in [-0.15, -0.1) is 0 Å². The lowest BCUT2D eigenvalue weighted by Gasteiger charge is -2.21. The van der Waals surface area contributed by atoms with E-state index >= 15 is 0 Å². The van der Waals surface area contributed by atoms with Gasteiger partial charge >= 0.3 is 5.97 Å². The third-order valence-corrected chi connectivity index (χ3v) is 4.15. The molecule has 0 aromatic heterocycles. The Morgan fingerprint density at radius 2 is 2.09 bits per heavy atom. The quantitative estimate of drug-likeness (QED) is 0.898. The van der Waals surface area contributed by atoms with E-state index < -0.39 is 12.0 Å². The van der Waals surface area contributed by atoms with Gasteiger partial charge in [0.15, 0.2) is 11.5 Å². The van der Waals surface area contributed by atoms with Crippen molar-refractivity contribution in [1.82, 2.24) is 4.90 Å². The Bertz CT molecular complexity index is 586. The summed E-state index contributed by atoms with van der Waals surface area (Å²) in [5.74, 6) is 0.530. The molecule has 1 aromatic rings. The van der Waals surface area contributed by atoms with Crippen molar-refractivity contribution in [2.24, 2.45) is 0 Å². The van der Waals surface area contributed by atoms with Gasteiger partial charge in [-0.1, -0.05) is 6.07 Å². The molecule has 2 heterocycles. The first-order valence-corrected chi connectivity index (χ1v) is 7.56. The van der Waals surface area contributed by atoms with Gasteiger partial charge in [0.05, 0.1) is 0 Å². The number of hydrogen-bond acceptors (Lipinski definition) is 4. The molecule has 6 nitrogen and oxygen atoms in total. The number of rotatable bonds is 5. The van der Waals surface area contributed by atoms with Gasteiger partial charge in [0.25, 0.3) is 0 Å². The van der Waals surface area contributed by atoms with Crippen LogP contribution in [0.5, 0.6) is 11.5 Å². The molecule has 22 heavy (non-hydrogen) atoms. The van der Waals surface area contributed by atoms with Crippen LogP contribution in [-0.4, -0.2) is 41.3 Å². The number of aliphatic carboxylic acids is 1. The summed E-state index contributed by atoms with van der Waals surface area (Å²) in [6, 6.07) is 5.13. The highest BCUT2D eigenvalue weighted by molar-refractivity contribution is 5.84. The van der Waals surface area contributed by atoms with Crippen molar-refractivity contribution < 1.29 is 24.2 Å². The summed E-state index contributed by atoms with van der Waals surface area (Å²) >= 11 is 0. The Morgan fingerprint density at radius 1 is 1.27 bits per heavy atom. The molecule has 0 radical (unpaired) electrons. The average molecular weight is 305 g/mol. The minimum Gasteiger partial charge on any atom is -0.480 e. The van der Waals surface area contributed by atoms with Gasteiger partial charge in [-0.05, 0) is 43.4 Å². The summed E-state index contributed by atoms with van der Waals surface area (Å²) in [7, 11) is 0. The Kier molecular flexibility index (Phi) is 4.18. The molecule has 1 aromatic carbocycles. The number of amides is 1. The van der Waals surface area contributed by atoms with Gasteiger partial charge in [-0.3, -0.25) is 4.79 Å². The van der Waals surface area contributed by atoms with Crippen LogP contribution in [0, 0.1) is 0 Å². The number of fused-ring (bicyclic) bond motifs is 1. The van der Waals surface area contributed by atoms with Crippen LogP contribution >= 0.6 is 0 Å². The molecule has 1 atom stereocenters. The first-order valence-electron chi connectivity index (χ1n) is 7.56. The van der Waals surface area contributed by atoms with Gasteiger partial charge in [0, 0.05) is 13.0 Å². The maximum Gasteiger partial charge on any atom is 0.326 e. The Balaban J connectivity index is 1.50. The van der Waals surface area contributed by atoms with Gasteiger partial charge < -0.3 is 19.5 Å². The van der Waals surface area contributed by atoms with E-state index in [-0.39, 0.29) is 12.7 Å². The highest BCUT2D eigenvalue weighted by Gasteiger charge is 2.33. The molecule has 3 rings (SSSR count). The number of carboxylic acids is 1. The number of carbonyl (C=O) groups excluding carboxylic acids is 1. The van der Waals surface area contributed by atoms with E-state index in [0.717, 1.165) is 29.9 Å². The Morgan fingerprint density at radius 3 is 2.91 bits per heavy atom. The second-order valence-corrected chi connectivity index (χ2v) is 5.62. The summed E-state index contributed by atoms with van der Waals surface area (Å²) in [4.78, 5) is 24.8. The van der Waals surface area contributed by atoms with E-state index in [1.54, 1.807) is 0 Å². The molecule has 6 heteroatoms. The maximum atomic E-state index is 12.2. The largest absolute Gasteiger partial charge is 0.480 e. The van der Waals surface area contributed by atoms with Crippen molar-refractivity contribution in [1.29, 1.82) is 0 Å². The van der Waals surface area contributed by atoms with Crippen LogP contribution in [0.1, 0.15) is 31.2 Å². The zero-order valence-electron chi connectivity index (χ0n) is 12.3. The predicted octanol–water partition coefficient (Wildman–Crippen LogP) is 1.81. The fourth-order valence-corrected chi connectivity index (χ4v) is 3.01. The molecule has 1 N–H and O–H groups in total. The summed E-state index contributed by atoms with van der Waals surface area (Å²) in [5, 5.41) is 9.11. The lowest BCUT2D eigenvalue weighted by Crippen LogP contribution is -2.40. The number of ether oxygens (including phenoxy) is 2. The minimum atomic E-state index is -0.901. The molecule has 2 aliphatic heterocycles. The van der Waals surface area contributed by atoms with Gasteiger partial charge in [0.1, 0.15) is 6.04 Å². The summed E-state index contributed by atoms with van der Waals surface area (Å²) in [6.45, 7) is 0.808. The van der Waals surface area contributed by atoms with Gasteiger partial charge in [-0.25, -0.2) is 4.79 Å². The summed E-state index contributed by atoms with van der Waals surface area (Å²) < 4.78 is 10.6. The molecular formula is C16H19NO5. The molecule has 0 aliphatic carbocycles. The second-order valence-electron chi connectivity index (χ2n) is 5.62. The van der Waals surface area contributed by atoms with E-state index in [4.69, 9.17) is 14.6 Å². The third kappa shape index (κ3) is 3.00. The molecule has 1 unspecified atom stereocenters. The van der Waals surface area contributed by atoms with E-state index in [2.05, 4.69) is 0 Å². The van der Waals surface area contributed by atoms with Crippen LogP contribution < -0.4 is 9.47 Å². The minimum absolute atomic E-state index is 0.0642. The van der Waals surface area contributed by atoms with Crippen molar-refractivity contribution in [3.63, 3.8) is 0 Å². The molecule has 0 spiro atoms. The summed E-state index contributed by atoms with van der Waals surface area (Å²) in [5.41, 5.74) is 1.09. The van der Waals surface area contributed by atoms with Crippen LogP contribution in [-0.2, 0) is 16.0 Å². The van der Waals surface area contributed by atoms with Crippen molar-refractivity contribution in [2.75, 3.05) is 13.3 Å². The predicted molar refractivity (Wildman–Crippen MR) is 77.9 cm³/mol. The molecule has 1 saturated heterocycles. The first-order chi connectivity index (χ1) is 10.6. The van der Waals surface area contributed by atoms with Crippen LogP contribution in [0.3, 0.4) is 0 Å². The number of carbonyl (C=O) groups is 2. The summed E-state index contributed by atoms with van der Waals surface area (Å²) in [6.07, 6.45) is 3.15. The maximum absolute atomic E-state index is 12.2. The topological polar surface area (TPSA) is 76.1 Å². The molecule has 1 fully saturated rings. The highest BCUT2D eigenvalue weighted by Crippen LogP contribution is 2.32. The van der Waals surface area contributed by atoms with E-state index in [9.17, 15) is 9.59 Å². The Hall–Kier alpha value is -2.24. The van der Waals surface area contributed by atoms with Crippen molar-refractivity contribution in [2.45, 2.75) is 38.1 Å². The highest BCUT2D eigenvalue weighted by atomic mass is 16.7. The van der Waals surface area contributed by atoms with E-state index in [0.29, 0.717) is 25.8 Å². The fraction of sp³-hybridized carbons (Fsp3) is 0.500. The monoisotopic (exact) mass is 305 g/mol. The van der Waals surface area contributed by atoms with Crippen molar-refractivity contribution in [3.8, 4) is 11.5 Å². The second kappa shape index (κ2) is 6.25. The first kappa shape index (κ1) is 14.7. The van der Waals surface area contributed by atoms with Crippen LogP contribution in [0.25, 0.3) is 0 Å². The number of benzene rings is 1. The molecule has 0 saturated carbocycles.